The molecule has 0 fully saturated rings. The lowest BCUT2D eigenvalue weighted by Crippen LogP contribution is -2.07. The number of aromatic nitrogens is 3. The van der Waals surface area contributed by atoms with E-state index in [1.165, 1.54) is 0 Å². The van der Waals surface area contributed by atoms with Crippen molar-refractivity contribution in [2.45, 2.75) is 0 Å². The van der Waals surface area contributed by atoms with E-state index in [0.717, 1.165) is 16.1 Å². The fourth-order valence-electron chi connectivity index (χ4n) is 1.93. The Bertz CT molecular complexity index is 856. The van der Waals surface area contributed by atoms with Crippen LogP contribution in [0.5, 0.6) is 5.88 Å². The Morgan fingerprint density at radius 2 is 2.05 bits per heavy atom. The van der Waals surface area contributed by atoms with E-state index in [4.69, 9.17) is 0 Å². The zero-order chi connectivity index (χ0) is 13.4. The van der Waals surface area contributed by atoms with Crippen molar-refractivity contribution < 1.29 is 5.11 Å². The minimum atomic E-state index is -0.485. The quantitative estimate of drug-likeness (QED) is 0.681. The van der Waals surface area contributed by atoms with Gasteiger partial charge in [0.1, 0.15) is 17.3 Å². The fourth-order valence-corrected chi connectivity index (χ4v) is 1.93. The number of rotatable bonds is 1. The molecule has 1 aromatic carbocycles. The van der Waals surface area contributed by atoms with Crippen LogP contribution in [0.15, 0.2) is 41.2 Å². The Morgan fingerprint density at radius 1 is 1.32 bits per heavy atom. The first-order valence-electron chi connectivity index (χ1n) is 5.51. The van der Waals surface area contributed by atoms with Gasteiger partial charge in [-0.2, -0.15) is 14.9 Å². The van der Waals surface area contributed by atoms with Gasteiger partial charge < -0.3 is 10.1 Å². The Balaban J connectivity index is 2.42. The van der Waals surface area contributed by atoms with Crippen molar-refractivity contribution in [1.82, 2.24) is 14.6 Å². The van der Waals surface area contributed by atoms with E-state index in [2.05, 4.69) is 10.1 Å². The second-order valence-electron chi connectivity index (χ2n) is 3.95. The molecular weight excluding hydrogens is 244 g/mol. The lowest BCUT2D eigenvalue weighted by molar-refractivity contribution is 0.434. The largest absolute Gasteiger partial charge is 0.493 e. The van der Waals surface area contributed by atoms with Gasteiger partial charge in [-0.25, -0.2) is 0 Å². The molecule has 0 aliphatic rings. The molecule has 0 spiro atoms. The summed E-state index contributed by atoms with van der Waals surface area (Å²) in [5.41, 5.74) is 1.08. The number of nitrogens with zero attached hydrogens (tertiary/aromatic N) is 3. The Kier molecular flexibility index (Phi) is 2.32. The van der Waals surface area contributed by atoms with Crippen LogP contribution in [0.4, 0.5) is 0 Å². The maximum Gasteiger partial charge on any atom is 0.254 e. The van der Waals surface area contributed by atoms with E-state index in [9.17, 15) is 15.2 Å². The smallest absolute Gasteiger partial charge is 0.254 e. The predicted molar refractivity (Wildman–Crippen MR) is 67.6 cm³/mol. The molecule has 0 aliphatic carbocycles. The van der Waals surface area contributed by atoms with Crippen LogP contribution in [0.2, 0.25) is 0 Å². The van der Waals surface area contributed by atoms with Gasteiger partial charge in [0.15, 0.2) is 5.65 Å². The molecule has 2 aromatic heterocycles. The van der Waals surface area contributed by atoms with E-state index < -0.39 is 5.56 Å². The molecule has 0 bridgehead atoms. The monoisotopic (exact) mass is 252 g/mol. The number of H-pyrrole nitrogens is 1. The molecule has 0 saturated heterocycles. The number of aromatic hydroxyl groups is 1. The molecule has 0 saturated carbocycles. The van der Waals surface area contributed by atoms with Crippen LogP contribution in [0.3, 0.4) is 0 Å². The second kappa shape index (κ2) is 3.99. The highest BCUT2D eigenvalue weighted by molar-refractivity contribution is 5.75. The van der Waals surface area contributed by atoms with Gasteiger partial charge in [0.25, 0.3) is 5.56 Å². The van der Waals surface area contributed by atoms with Crippen molar-refractivity contribution in [3.8, 4) is 23.2 Å². The number of aromatic amines is 1. The van der Waals surface area contributed by atoms with Crippen molar-refractivity contribution in [1.29, 1.82) is 5.26 Å². The van der Waals surface area contributed by atoms with Gasteiger partial charge in [-0.3, -0.25) is 4.79 Å². The van der Waals surface area contributed by atoms with Gasteiger partial charge >= 0.3 is 0 Å². The number of fused-ring (bicyclic) bond motifs is 1. The van der Waals surface area contributed by atoms with Gasteiger partial charge in [-0.05, 0) is 0 Å². The van der Waals surface area contributed by atoms with Crippen LogP contribution < -0.4 is 5.56 Å². The van der Waals surface area contributed by atoms with E-state index in [1.807, 2.05) is 24.3 Å². The van der Waals surface area contributed by atoms with Crippen molar-refractivity contribution in [3.63, 3.8) is 0 Å². The number of nitrogens with one attached hydrogen (secondary N) is 1. The van der Waals surface area contributed by atoms with E-state index >= 15 is 0 Å². The fraction of sp³-hybridized carbons (Fsp3) is 0. The van der Waals surface area contributed by atoms with Gasteiger partial charge in [0.05, 0.1) is 6.07 Å². The Hall–Kier alpha value is -3.07. The summed E-state index contributed by atoms with van der Waals surface area (Å²) in [6.07, 6.45) is 0. The lowest BCUT2D eigenvalue weighted by Gasteiger charge is -1.94. The molecule has 0 radical (unpaired) electrons. The molecule has 0 amide bonds. The molecule has 0 aliphatic heterocycles. The van der Waals surface area contributed by atoms with Gasteiger partial charge in [0, 0.05) is 5.56 Å². The predicted octanol–water partition coefficient (Wildman–Crippen LogP) is 1.27. The van der Waals surface area contributed by atoms with Crippen LogP contribution >= 0.6 is 0 Å². The number of hydrogen-bond acceptors (Lipinski definition) is 4. The molecule has 2 N–H and O–H groups in total. The molecule has 19 heavy (non-hydrogen) atoms. The van der Waals surface area contributed by atoms with Crippen molar-refractivity contribution in [2.24, 2.45) is 0 Å². The third kappa shape index (κ3) is 1.65. The third-order valence-electron chi connectivity index (χ3n) is 2.76. The normalized spacial score (nSPS) is 10.5. The van der Waals surface area contributed by atoms with Crippen LogP contribution in [-0.2, 0) is 0 Å². The molecular formula is C13H8N4O2. The number of hydrogen-bond donors (Lipinski definition) is 2. The standard InChI is InChI=1S/C13H8N4O2/c14-7-9-12(8-4-2-1-3-5-8)16-17-11(19)6-10(18)15-13(9)17/h1-6,19H,(H,15,18). The molecule has 6 heteroatoms. The van der Waals surface area contributed by atoms with Crippen LogP contribution in [-0.4, -0.2) is 19.7 Å². The number of nitriles is 1. The third-order valence-corrected chi connectivity index (χ3v) is 2.76. The summed E-state index contributed by atoms with van der Waals surface area (Å²) in [6.45, 7) is 0. The number of benzene rings is 1. The highest BCUT2D eigenvalue weighted by Crippen LogP contribution is 2.25. The maximum absolute atomic E-state index is 11.4. The first kappa shape index (κ1) is 11.0. The molecule has 0 unspecified atom stereocenters. The summed E-state index contributed by atoms with van der Waals surface area (Å²) >= 11 is 0. The highest BCUT2D eigenvalue weighted by atomic mass is 16.3. The van der Waals surface area contributed by atoms with Gasteiger partial charge in [-0.15, -0.1) is 0 Å². The van der Waals surface area contributed by atoms with Crippen LogP contribution in [0, 0.1) is 11.3 Å². The zero-order valence-electron chi connectivity index (χ0n) is 9.66. The van der Waals surface area contributed by atoms with Crippen molar-refractivity contribution >= 4 is 5.65 Å². The van der Waals surface area contributed by atoms with Crippen LogP contribution in [0.25, 0.3) is 16.9 Å². The molecule has 3 rings (SSSR count). The summed E-state index contributed by atoms with van der Waals surface area (Å²) in [4.78, 5) is 13.9. The second-order valence-corrected chi connectivity index (χ2v) is 3.95. The summed E-state index contributed by atoms with van der Waals surface area (Å²) in [6, 6.07) is 12.1. The Morgan fingerprint density at radius 3 is 2.74 bits per heavy atom. The van der Waals surface area contributed by atoms with Crippen LogP contribution in [0.1, 0.15) is 5.56 Å². The average Bonchev–Trinajstić information content (AvgIpc) is 2.78. The molecule has 0 atom stereocenters. The first-order chi connectivity index (χ1) is 9.20. The zero-order valence-corrected chi connectivity index (χ0v) is 9.66. The average molecular weight is 252 g/mol. The van der Waals surface area contributed by atoms with Crippen molar-refractivity contribution in [2.75, 3.05) is 0 Å². The van der Waals surface area contributed by atoms with Gasteiger partial charge in [0.2, 0.25) is 5.88 Å². The van der Waals surface area contributed by atoms with E-state index in [0.29, 0.717) is 5.69 Å². The van der Waals surface area contributed by atoms with E-state index in [-0.39, 0.29) is 17.1 Å². The molecule has 3 aromatic rings. The SMILES string of the molecule is N#Cc1c(-c2ccccc2)nn2c(O)cc(=O)[nH]c12. The molecule has 2 heterocycles. The van der Waals surface area contributed by atoms with E-state index in [1.54, 1.807) is 12.1 Å². The lowest BCUT2D eigenvalue weighted by atomic mass is 10.1. The summed E-state index contributed by atoms with van der Waals surface area (Å²) in [5, 5.41) is 23.1. The topological polar surface area (TPSA) is 94.2 Å². The maximum atomic E-state index is 11.4. The highest BCUT2D eigenvalue weighted by Gasteiger charge is 2.16. The molecule has 92 valence electrons. The summed E-state index contributed by atoms with van der Waals surface area (Å²) in [5.74, 6) is -0.308. The summed E-state index contributed by atoms with van der Waals surface area (Å²) < 4.78 is 1.14. The minimum absolute atomic E-state index is 0.186. The summed E-state index contributed by atoms with van der Waals surface area (Å²) in [7, 11) is 0. The minimum Gasteiger partial charge on any atom is -0.493 e. The van der Waals surface area contributed by atoms with Gasteiger partial charge in [-0.1, -0.05) is 30.3 Å². The van der Waals surface area contributed by atoms with Crippen molar-refractivity contribution in [3.05, 3.63) is 52.3 Å². The Labute approximate surface area is 107 Å². The molecule has 6 nitrogen and oxygen atoms in total. The first-order valence-corrected chi connectivity index (χ1v) is 5.51.